The van der Waals surface area contributed by atoms with E-state index >= 15 is 0 Å². The van der Waals surface area contributed by atoms with Crippen LogP contribution in [-0.4, -0.2) is 41.7 Å². The molecule has 1 aromatic heterocycles. The summed E-state index contributed by atoms with van der Waals surface area (Å²) in [5, 5.41) is 17.6. The fourth-order valence-electron chi connectivity index (χ4n) is 3.19. The third-order valence-corrected chi connectivity index (χ3v) is 4.60. The van der Waals surface area contributed by atoms with Gasteiger partial charge in [0.25, 0.3) is 0 Å². The smallest absolute Gasteiger partial charge is 0.167 e. The first-order chi connectivity index (χ1) is 12.5. The van der Waals surface area contributed by atoms with Gasteiger partial charge in [-0.1, -0.05) is 19.0 Å². The molecule has 26 heavy (non-hydrogen) atoms. The summed E-state index contributed by atoms with van der Waals surface area (Å²) < 4.78 is 24.5. The van der Waals surface area contributed by atoms with E-state index in [0.717, 1.165) is 30.6 Å². The number of rotatable bonds is 7. The Morgan fingerprint density at radius 2 is 2.04 bits per heavy atom. The van der Waals surface area contributed by atoms with Crippen LogP contribution in [0.3, 0.4) is 0 Å². The molecule has 1 aromatic carbocycles. The highest BCUT2D eigenvalue weighted by molar-refractivity contribution is 5.57. The van der Waals surface area contributed by atoms with Crippen molar-refractivity contribution in [2.24, 2.45) is 5.92 Å². The van der Waals surface area contributed by atoms with Crippen LogP contribution < -0.4 is 5.32 Å². The standard InChI is InChI=1S/C20H27FN2O3/c1-13(2)11-22-12-20-18(24)8-7-17(25-20)9-16-10-19(26-23-16)14-3-5-15(21)6-4-14/h3-6,10,13,17-18,20,22,24H,7-9,11-12H2,1-2H3/t17-,18-,20+/m0/s1. The molecule has 0 unspecified atom stereocenters. The van der Waals surface area contributed by atoms with Crippen LogP contribution in [0.1, 0.15) is 32.4 Å². The van der Waals surface area contributed by atoms with Gasteiger partial charge >= 0.3 is 0 Å². The van der Waals surface area contributed by atoms with Crippen molar-refractivity contribution in [3.63, 3.8) is 0 Å². The highest BCUT2D eigenvalue weighted by atomic mass is 19.1. The average Bonchev–Trinajstić information content (AvgIpc) is 3.06. The minimum Gasteiger partial charge on any atom is -0.390 e. The highest BCUT2D eigenvalue weighted by Crippen LogP contribution is 2.25. The molecule has 142 valence electrons. The first-order valence-electron chi connectivity index (χ1n) is 9.27. The molecule has 3 rings (SSSR count). The van der Waals surface area contributed by atoms with Crippen molar-refractivity contribution in [3.05, 3.63) is 41.8 Å². The third kappa shape index (κ3) is 5.13. The molecular weight excluding hydrogens is 335 g/mol. The second-order valence-corrected chi connectivity index (χ2v) is 7.39. The Bertz CT molecular complexity index is 687. The van der Waals surface area contributed by atoms with Gasteiger partial charge in [-0.3, -0.25) is 0 Å². The molecule has 0 radical (unpaired) electrons. The summed E-state index contributed by atoms with van der Waals surface area (Å²) in [5.74, 6) is 0.900. The van der Waals surface area contributed by atoms with Crippen molar-refractivity contribution in [1.29, 1.82) is 0 Å². The van der Waals surface area contributed by atoms with Crippen LogP contribution >= 0.6 is 0 Å². The van der Waals surface area contributed by atoms with E-state index in [4.69, 9.17) is 9.26 Å². The van der Waals surface area contributed by atoms with Gasteiger partial charge < -0.3 is 19.7 Å². The van der Waals surface area contributed by atoms with Crippen molar-refractivity contribution in [2.75, 3.05) is 13.1 Å². The van der Waals surface area contributed by atoms with Crippen molar-refractivity contribution < 1.29 is 18.8 Å². The molecule has 1 aliphatic rings. The van der Waals surface area contributed by atoms with E-state index in [-0.39, 0.29) is 18.0 Å². The predicted molar refractivity (Wildman–Crippen MR) is 97.2 cm³/mol. The second-order valence-electron chi connectivity index (χ2n) is 7.39. The molecule has 0 spiro atoms. The molecular formula is C20H27FN2O3. The van der Waals surface area contributed by atoms with Crippen LogP contribution in [0.2, 0.25) is 0 Å². The van der Waals surface area contributed by atoms with Crippen LogP contribution in [0.4, 0.5) is 4.39 Å². The zero-order valence-electron chi connectivity index (χ0n) is 15.3. The number of benzene rings is 1. The van der Waals surface area contributed by atoms with Crippen molar-refractivity contribution >= 4 is 0 Å². The Balaban J connectivity index is 1.56. The molecule has 1 aliphatic heterocycles. The number of ether oxygens (including phenoxy) is 1. The van der Waals surface area contributed by atoms with Crippen LogP contribution in [0, 0.1) is 11.7 Å². The maximum Gasteiger partial charge on any atom is 0.167 e. The molecule has 1 fully saturated rings. The number of nitrogens with one attached hydrogen (secondary N) is 1. The summed E-state index contributed by atoms with van der Waals surface area (Å²) in [6.07, 6.45) is 1.53. The molecule has 3 atom stereocenters. The zero-order chi connectivity index (χ0) is 18.5. The lowest BCUT2D eigenvalue weighted by atomic mass is 9.98. The van der Waals surface area contributed by atoms with E-state index in [2.05, 4.69) is 24.3 Å². The van der Waals surface area contributed by atoms with Gasteiger partial charge in [-0.2, -0.15) is 0 Å². The third-order valence-electron chi connectivity index (χ3n) is 4.60. The molecule has 2 aromatic rings. The SMILES string of the molecule is CC(C)CNC[C@H]1O[C@H](Cc2cc(-c3ccc(F)cc3)on2)CC[C@@H]1O. The summed E-state index contributed by atoms with van der Waals surface area (Å²) in [6.45, 7) is 5.85. The van der Waals surface area contributed by atoms with Gasteiger partial charge in [0.05, 0.1) is 24.0 Å². The summed E-state index contributed by atoms with van der Waals surface area (Å²) in [5.41, 5.74) is 1.60. The second kappa shape index (κ2) is 8.75. The molecule has 0 aliphatic carbocycles. The molecule has 0 saturated carbocycles. The summed E-state index contributed by atoms with van der Waals surface area (Å²) in [7, 11) is 0. The molecule has 2 heterocycles. The van der Waals surface area contributed by atoms with Gasteiger partial charge in [0.15, 0.2) is 5.76 Å². The zero-order valence-corrected chi connectivity index (χ0v) is 15.3. The first kappa shape index (κ1) is 19.0. The summed E-state index contributed by atoms with van der Waals surface area (Å²) >= 11 is 0. The van der Waals surface area contributed by atoms with E-state index < -0.39 is 6.10 Å². The van der Waals surface area contributed by atoms with Gasteiger partial charge in [0, 0.05) is 24.6 Å². The van der Waals surface area contributed by atoms with E-state index in [1.807, 2.05) is 6.07 Å². The molecule has 1 saturated heterocycles. The quantitative estimate of drug-likeness (QED) is 0.792. The number of hydrogen-bond acceptors (Lipinski definition) is 5. The lowest BCUT2D eigenvalue weighted by Gasteiger charge is -2.34. The number of aromatic nitrogens is 1. The van der Waals surface area contributed by atoms with Gasteiger partial charge in [-0.15, -0.1) is 0 Å². The topological polar surface area (TPSA) is 67.5 Å². The lowest BCUT2D eigenvalue weighted by Crippen LogP contribution is -2.46. The predicted octanol–water partition coefficient (Wildman–Crippen LogP) is 3.18. The van der Waals surface area contributed by atoms with Crippen molar-refractivity contribution in [3.8, 4) is 11.3 Å². The number of aliphatic hydroxyl groups excluding tert-OH is 1. The Kier molecular flexibility index (Phi) is 6.40. The minimum absolute atomic E-state index is 0.00965. The number of aliphatic hydroxyl groups is 1. The van der Waals surface area contributed by atoms with Crippen LogP contribution in [0.15, 0.2) is 34.9 Å². The summed E-state index contributed by atoms with van der Waals surface area (Å²) in [6, 6.07) is 8.01. The van der Waals surface area contributed by atoms with Gasteiger partial charge in [0.2, 0.25) is 0 Å². The van der Waals surface area contributed by atoms with Gasteiger partial charge in [0.1, 0.15) is 5.82 Å². The average molecular weight is 362 g/mol. The van der Waals surface area contributed by atoms with E-state index in [1.165, 1.54) is 12.1 Å². The van der Waals surface area contributed by atoms with E-state index in [1.54, 1.807) is 12.1 Å². The fourth-order valence-corrected chi connectivity index (χ4v) is 3.19. The molecule has 0 bridgehead atoms. The fraction of sp³-hybridized carbons (Fsp3) is 0.550. The van der Waals surface area contributed by atoms with Crippen LogP contribution in [-0.2, 0) is 11.2 Å². The normalized spacial score (nSPS) is 23.5. The maximum absolute atomic E-state index is 13.0. The Morgan fingerprint density at radius 1 is 1.27 bits per heavy atom. The lowest BCUT2D eigenvalue weighted by molar-refractivity contribution is -0.115. The van der Waals surface area contributed by atoms with Crippen molar-refractivity contribution in [1.82, 2.24) is 10.5 Å². The van der Waals surface area contributed by atoms with E-state index in [0.29, 0.717) is 24.6 Å². The summed E-state index contributed by atoms with van der Waals surface area (Å²) in [4.78, 5) is 0. The molecule has 2 N–H and O–H groups in total. The maximum atomic E-state index is 13.0. The first-order valence-corrected chi connectivity index (χ1v) is 9.27. The molecule has 6 heteroatoms. The van der Waals surface area contributed by atoms with E-state index in [9.17, 15) is 9.50 Å². The molecule has 5 nitrogen and oxygen atoms in total. The monoisotopic (exact) mass is 362 g/mol. The number of hydrogen-bond donors (Lipinski definition) is 2. The van der Waals surface area contributed by atoms with Gasteiger partial charge in [-0.25, -0.2) is 4.39 Å². The van der Waals surface area contributed by atoms with Crippen molar-refractivity contribution in [2.45, 2.75) is 51.4 Å². The Hall–Kier alpha value is -1.76. The largest absolute Gasteiger partial charge is 0.390 e. The number of halogens is 1. The Morgan fingerprint density at radius 3 is 2.77 bits per heavy atom. The molecule has 0 amide bonds. The number of nitrogens with zero attached hydrogens (tertiary/aromatic N) is 1. The highest BCUT2D eigenvalue weighted by Gasteiger charge is 2.30. The van der Waals surface area contributed by atoms with Crippen LogP contribution in [0.5, 0.6) is 0 Å². The Labute approximate surface area is 153 Å². The van der Waals surface area contributed by atoms with Gasteiger partial charge in [-0.05, 0) is 49.6 Å². The van der Waals surface area contributed by atoms with Crippen LogP contribution in [0.25, 0.3) is 11.3 Å². The minimum atomic E-state index is -0.432.